The zero-order valence-corrected chi connectivity index (χ0v) is 19.7. The second-order valence-electron chi connectivity index (χ2n) is 11.0. The predicted octanol–water partition coefficient (Wildman–Crippen LogP) is 8.01. The number of aliphatic hydroxyl groups is 1. The summed E-state index contributed by atoms with van der Waals surface area (Å²) in [5, 5.41) is 10.1. The second kappa shape index (κ2) is 9.99. The van der Waals surface area contributed by atoms with E-state index in [0.717, 1.165) is 42.9 Å². The Hall–Kier alpha value is -0.820. The van der Waals surface area contributed by atoms with Gasteiger partial charge in [-0.3, -0.25) is 0 Å². The van der Waals surface area contributed by atoms with Crippen LogP contribution in [0.5, 0.6) is 0 Å². The van der Waals surface area contributed by atoms with Crippen molar-refractivity contribution in [1.29, 1.82) is 0 Å². The maximum absolute atomic E-state index is 10.1. The molecule has 29 heavy (non-hydrogen) atoms. The van der Waals surface area contributed by atoms with Crippen molar-refractivity contribution < 1.29 is 5.11 Å². The number of hydrogen-bond donors (Lipinski definition) is 1. The normalized spacial score (nSPS) is 36.8. The summed E-state index contributed by atoms with van der Waals surface area (Å²) in [6.45, 7) is 14.0. The van der Waals surface area contributed by atoms with Crippen molar-refractivity contribution in [2.75, 3.05) is 0 Å². The minimum absolute atomic E-state index is 0.172. The van der Waals surface area contributed by atoms with Gasteiger partial charge in [-0.1, -0.05) is 83.3 Å². The Morgan fingerprint density at radius 3 is 2.66 bits per heavy atom. The summed E-state index contributed by atoms with van der Waals surface area (Å²) in [6.07, 6.45) is 19.7. The Labute approximate surface area is 180 Å². The van der Waals surface area contributed by atoms with Crippen molar-refractivity contribution in [2.45, 2.75) is 111 Å². The zero-order valence-electron chi connectivity index (χ0n) is 19.7. The van der Waals surface area contributed by atoms with Gasteiger partial charge in [0.1, 0.15) is 0 Å². The first-order valence-electron chi connectivity index (χ1n) is 12.6. The van der Waals surface area contributed by atoms with E-state index < -0.39 is 0 Å². The molecule has 164 valence electrons. The molecule has 0 aromatic heterocycles. The summed E-state index contributed by atoms with van der Waals surface area (Å²) < 4.78 is 0. The highest BCUT2D eigenvalue weighted by Gasteiger charge is 2.50. The molecule has 0 heterocycles. The summed E-state index contributed by atoms with van der Waals surface area (Å²) in [5.41, 5.74) is 4.73. The van der Waals surface area contributed by atoms with E-state index in [2.05, 4.69) is 46.4 Å². The quantitative estimate of drug-likeness (QED) is 0.460. The molecule has 0 saturated heterocycles. The zero-order chi connectivity index (χ0) is 21.0. The van der Waals surface area contributed by atoms with Crippen LogP contribution in [0.25, 0.3) is 0 Å². The van der Waals surface area contributed by atoms with E-state index in [0.29, 0.717) is 5.41 Å². The Balaban J connectivity index is 1.73. The first kappa shape index (κ1) is 22.9. The molecular formula is C28H46O. The third-order valence-corrected chi connectivity index (χ3v) is 8.68. The van der Waals surface area contributed by atoms with E-state index >= 15 is 0 Å². The minimum atomic E-state index is -0.172. The molecule has 3 rings (SSSR count). The first-order chi connectivity index (χ1) is 13.8. The van der Waals surface area contributed by atoms with Crippen molar-refractivity contribution in [3.05, 3.63) is 35.5 Å². The van der Waals surface area contributed by atoms with Crippen LogP contribution in [0, 0.1) is 29.1 Å². The van der Waals surface area contributed by atoms with E-state index in [-0.39, 0.29) is 6.10 Å². The summed E-state index contributed by atoms with van der Waals surface area (Å²) >= 11 is 0. The van der Waals surface area contributed by atoms with Crippen LogP contribution in [0.4, 0.5) is 0 Å². The lowest BCUT2D eigenvalue weighted by atomic mass is 9.60. The molecule has 1 N–H and O–H groups in total. The van der Waals surface area contributed by atoms with Gasteiger partial charge in [0.15, 0.2) is 0 Å². The van der Waals surface area contributed by atoms with Gasteiger partial charge in [0.25, 0.3) is 0 Å². The molecule has 4 unspecified atom stereocenters. The highest BCUT2D eigenvalue weighted by atomic mass is 16.3. The summed E-state index contributed by atoms with van der Waals surface area (Å²) in [6, 6.07) is 0. The lowest BCUT2D eigenvalue weighted by Gasteiger charge is -2.45. The van der Waals surface area contributed by atoms with Crippen LogP contribution < -0.4 is 0 Å². The average molecular weight is 399 g/mol. The van der Waals surface area contributed by atoms with Crippen LogP contribution in [0.3, 0.4) is 0 Å². The maximum atomic E-state index is 10.1. The molecule has 5 atom stereocenters. The van der Waals surface area contributed by atoms with Gasteiger partial charge >= 0.3 is 0 Å². The molecule has 0 aromatic rings. The lowest BCUT2D eigenvalue weighted by Crippen LogP contribution is -2.36. The lowest BCUT2D eigenvalue weighted by molar-refractivity contribution is 0.0841. The molecule has 3 aliphatic carbocycles. The van der Waals surface area contributed by atoms with Crippen LogP contribution in [0.2, 0.25) is 0 Å². The minimum Gasteiger partial charge on any atom is -0.393 e. The van der Waals surface area contributed by atoms with Crippen molar-refractivity contribution >= 4 is 0 Å². The van der Waals surface area contributed by atoms with E-state index in [1.54, 1.807) is 5.57 Å². The number of allylic oxidation sites excluding steroid dienone is 4. The molecule has 3 aliphatic rings. The topological polar surface area (TPSA) is 20.2 Å². The smallest absolute Gasteiger partial charge is 0.0583 e. The van der Waals surface area contributed by atoms with E-state index in [9.17, 15) is 5.11 Å². The molecule has 0 spiro atoms. The third kappa shape index (κ3) is 5.27. The number of fused-ring (bicyclic) bond motifs is 1. The highest BCUT2D eigenvalue weighted by molar-refractivity contribution is 5.36. The van der Waals surface area contributed by atoms with E-state index in [1.807, 2.05) is 0 Å². The van der Waals surface area contributed by atoms with Gasteiger partial charge in [-0.05, 0) is 86.0 Å². The fourth-order valence-corrected chi connectivity index (χ4v) is 6.93. The fraction of sp³-hybridized carbons (Fsp3) is 0.786. The van der Waals surface area contributed by atoms with Gasteiger partial charge < -0.3 is 5.11 Å². The van der Waals surface area contributed by atoms with Gasteiger partial charge in [0.2, 0.25) is 0 Å². The molecule has 0 amide bonds. The maximum Gasteiger partial charge on any atom is 0.0583 e. The van der Waals surface area contributed by atoms with Crippen LogP contribution in [-0.4, -0.2) is 11.2 Å². The van der Waals surface area contributed by atoms with Crippen LogP contribution >= 0.6 is 0 Å². The van der Waals surface area contributed by atoms with Crippen molar-refractivity contribution in [1.82, 2.24) is 0 Å². The molecule has 0 aliphatic heterocycles. The van der Waals surface area contributed by atoms with Gasteiger partial charge in [-0.2, -0.15) is 0 Å². The fourth-order valence-electron chi connectivity index (χ4n) is 6.93. The SMILES string of the molecule is C=C1CCC(O)C/C1=C/C=C1\CCC[C@@]2(C)C1CCC2C(CC)CCCC(C)C. The summed E-state index contributed by atoms with van der Waals surface area (Å²) in [7, 11) is 0. The largest absolute Gasteiger partial charge is 0.393 e. The molecular weight excluding hydrogens is 352 g/mol. The van der Waals surface area contributed by atoms with Crippen LogP contribution in [-0.2, 0) is 0 Å². The summed E-state index contributed by atoms with van der Waals surface area (Å²) in [4.78, 5) is 0. The van der Waals surface area contributed by atoms with Gasteiger partial charge in [-0.25, -0.2) is 0 Å². The predicted molar refractivity (Wildman–Crippen MR) is 126 cm³/mol. The Bertz CT molecular complexity index is 624. The molecule has 0 bridgehead atoms. The molecule has 3 saturated carbocycles. The van der Waals surface area contributed by atoms with Gasteiger partial charge in [-0.15, -0.1) is 0 Å². The number of aliphatic hydroxyl groups excluding tert-OH is 1. The first-order valence-corrected chi connectivity index (χ1v) is 12.6. The Morgan fingerprint density at radius 1 is 1.14 bits per heavy atom. The molecule has 1 heteroatoms. The number of rotatable bonds is 7. The molecule has 0 aromatic carbocycles. The van der Waals surface area contributed by atoms with Crippen LogP contribution in [0.15, 0.2) is 35.5 Å². The van der Waals surface area contributed by atoms with Crippen molar-refractivity contribution in [2.24, 2.45) is 29.1 Å². The van der Waals surface area contributed by atoms with E-state index in [1.165, 1.54) is 68.9 Å². The monoisotopic (exact) mass is 398 g/mol. The van der Waals surface area contributed by atoms with Crippen molar-refractivity contribution in [3.63, 3.8) is 0 Å². The highest BCUT2D eigenvalue weighted by Crippen LogP contribution is 2.60. The van der Waals surface area contributed by atoms with E-state index in [4.69, 9.17) is 0 Å². The Morgan fingerprint density at radius 2 is 1.93 bits per heavy atom. The molecule has 3 fully saturated rings. The van der Waals surface area contributed by atoms with Gasteiger partial charge in [0.05, 0.1) is 6.10 Å². The molecule has 1 nitrogen and oxygen atoms in total. The molecule has 0 radical (unpaired) electrons. The average Bonchev–Trinajstić information content (AvgIpc) is 3.03. The number of hydrogen-bond acceptors (Lipinski definition) is 1. The second-order valence-corrected chi connectivity index (χ2v) is 11.0. The van der Waals surface area contributed by atoms with Crippen LogP contribution in [0.1, 0.15) is 105 Å². The summed E-state index contributed by atoms with van der Waals surface area (Å²) in [5.74, 6) is 3.44. The third-order valence-electron chi connectivity index (χ3n) is 8.68. The Kier molecular flexibility index (Phi) is 7.87. The van der Waals surface area contributed by atoms with Crippen molar-refractivity contribution in [3.8, 4) is 0 Å². The standard InChI is InChI=1S/C28H46O/c1-6-22(10-7-9-20(2)3)26-16-17-27-23(11-8-18-28(26,27)5)13-14-24-19-25(29)15-12-21(24)4/h13-14,20,22,25-27,29H,4,6-12,15-19H2,1-3,5H3/b23-13+,24-14-/t22?,25?,26?,27?,28-/m1/s1. The van der Waals surface area contributed by atoms with Gasteiger partial charge in [0, 0.05) is 0 Å².